The van der Waals surface area contributed by atoms with E-state index in [2.05, 4.69) is 14.8 Å². The molecule has 1 aromatic heterocycles. The molecule has 0 spiro atoms. The quantitative estimate of drug-likeness (QED) is 0.558. The summed E-state index contributed by atoms with van der Waals surface area (Å²) in [6, 6.07) is 5.74. The predicted octanol–water partition coefficient (Wildman–Crippen LogP) is 3.49. The molecule has 0 aliphatic heterocycles. The SMILES string of the molecule is [C-]#[N+]c1cnc(-c2ccc(F)cc2)nc1Cl. The lowest BCUT2D eigenvalue weighted by molar-refractivity contribution is 0.628. The number of aromatic nitrogens is 2. The summed E-state index contributed by atoms with van der Waals surface area (Å²) in [6.45, 7) is 6.80. The molecule has 16 heavy (non-hydrogen) atoms. The standard InChI is InChI=1S/C11H5ClFN3/c1-14-9-6-15-11(16-10(9)12)7-2-4-8(13)5-3-7/h2-6H. The molecule has 0 aliphatic rings. The zero-order valence-electron chi connectivity index (χ0n) is 7.98. The van der Waals surface area contributed by atoms with Crippen LogP contribution in [0.3, 0.4) is 0 Å². The van der Waals surface area contributed by atoms with Crippen molar-refractivity contribution in [3.63, 3.8) is 0 Å². The fourth-order valence-electron chi connectivity index (χ4n) is 1.17. The largest absolute Gasteiger partial charge is 0.248 e. The third-order valence-corrected chi connectivity index (χ3v) is 2.23. The normalized spacial score (nSPS) is 9.81. The van der Waals surface area contributed by atoms with E-state index in [0.29, 0.717) is 11.4 Å². The molecule has 0 N–H and O–H groups in total. The van der Waals surface area contributed by atoms with Crippen molar-refractivity contribution in [2.45, 2.75) is 0 Å². The summed E-state index contributed by atoms with van der Waals surface area (Å²) >= 11 is 5.77. The molecule has 0 unspecified atom stereocenters. The number of rotatable bonds is 1. The monoisotopic (exact) mass is 233 g/mol. The Hall–Kier alpha value is -1.99. The average Bonchev–Trinajstić information content (AvgIpc) is 2.30. The van der Waals surface area contributed by atoms with Crippen molar-refractivity contribution in [1.29, 1.82) is 0 Å². The van der Waals surface area contributed by atoms with Crippen molar-refractivity contribution in [1.82, 2.24) is 9.97 Å². The van der Waals surface area contributed by atoms with E-state index in [1.807, 2.05) is 0 Å². The summed E-state index contributed by atoms with van der Waals surface area (Å²) in [5.74, 6) is 0.0463. The van der Waals surface area contributed by atoms with E-state index < -0.39 is 0 Å². The minimum Gasteiger partial charge on any atom is -0.248 e. The van der Waals surface area contributed by atoms with Crippen molar-refractivity contribution in [3.05, 3.63) is 52.8 Å². The van der Waals surface area contributed by atoms with Gasteiger partial charge in [-0.05, 0) is 24.3 Å². The van der Waals surface area contributed by atoms with Crippen molar-refractivity contribution >= 4 is 17.3 Å². The minimum atomic E-state index is -0.326. The fourth-order valence-corrected chi connectivity index (χ4v) is 1.34. The molecule has 0 radical (unpaired) electrons. The third kappa shape index (κ3) is 2.00. The van der Waals surface area contributed by atoms with Crippen molar-refractivity contribution < 1.29 is 4.39 Å². The van der Waals surface area contributed by atoms with Crippen LogP contribution in [-0.4, -0.2) is 9.97 Å². The number of nitrogens with zero attached hydrogens (tertiary/aromatic N) is 3. The van der Waals surface area contributed by atoms with Gasteiger partial charge in [-0.15, -0.1) is 0 Å². The van der Waals surface area contributed by atoms with E-state index in [0.717, 1.165) is 0 Å². The Bertz CT molecular complexity index is 560. The molecule has 0 atom stereocenters. The second-order valence-corrected chi connectivity index (χ2v) is 3.35. The molecule has 0 aliphatic carbocycles. The molecule has 2 rings (SSSR count). The highest BCUT2D eigenvalue weighted by molar-refractivity contribution is 6.32. The molecule has 0 fully saturated rings. The van der Waals surface area contributed by atoms with Gasteiger partial charge in [0.1, 0.15) is 11.0 Å². The fraction of sp³-hybridized carbons (Fsp3) is 0. The second kappa shape index (κ2) is 4.25. The first-order valence-electron chi connectivity index (χ1n) is 4.36. The Morgan fingerprint density at radius 3 is 2.50 bits per heavy atom. The van der Waals surface area contributed by atoms with Crippen molar-refractivity contribution in [3.8, 4) is 11.4 Å². The van der Waals surface area contributed by atoms with Gasteiger partial charge in [0.25, 0.3) is 0 Å². The Kier molecular flexibility index (Phi) is 2.80. The highest BCUT2D eigenvalue weighted by Gasteiger charge is 2.06. The van der Waals surface area contributed by atoms with Crippen LogP contribution >= 0.6 is 11.6 Å². The summed E-state index contributed by atoms with van der Waals surface area (Å²) in [5.41, 5.74) is 0.854. The van der Waals surface area contributed by atoms with E-state index in [9.17, 15) is 4.39 Å². The Morgan fingerprint density at radius 2 is 1.94 bits per heavy atom. The van der Waals surface area contributed by atoms with Crippen molar-refractivity contribution in [2.75, 3.05) is 0 Å². The topological polar surface area (TPSA) is 30.1 Å². The third-order valence-electron chi connectivity index (χ3n) is 1.95. The van der Waals surface area contributed by atoms with Gasteiger partial charge in [-0.25, -0.2) is 19.2 Å². The van der Waals surface area contributed by atoms with Crippen LogP contribution in [0.15, 0.2) is 30.5 Å². The van der Waals surface area contributed by atoms with Crippen LogP contribution in [0, 0.1) is 12.4 Å². The number of hydrogen-bond donors (Lipinski definition) is 0. The Balaban J connectivity index is 2.46. The molecule has 3 nitrogen and oxygen atoms in total. The van der Waals surface area contributed by atoms with Crippen LogP contribution in [0.4, 0.5) is 10.1 Å². The van der Waals surface area contributed by atoms with Gasteiger partial charge >= 0.3 is 0 Å². The molecular weight excluding hydrogens is 229 g/mol. The zero-order chi connectivity index (χ0) is 11.5. The molecule has 1 heterocycles. The van der Waals surface area contributed by atoms with Crippen LogP contribution in [0.5, 0.6) is 0 Å². The van der Waals surface area contributed by atoms with E-state index in [1.54, 1.807) is 12.1 Å². The van der Waals surface area contributed by atoms with E-state index in [4.69, 9.17) is 18.2 Å². The smallest absolute Gasteiger partial charge is 0.241 e. The first kappa shape index (κ1) is 10.5. The molecule has 2 aromatic rings. The lowest BCUT2D eigenvalue weighted by Gasteiger charge is -2.01. The van der Waals surface area contributed by atoms with Gasteiger partial charge in [-0.1, -0.05) is 11.6 Å². The first-order chi connectivity index (χ1) is 7.70. The maximum absolute atomic E-state index is 12.7. The maximum Gasteiger partial charge on any atom is 0.241 e. The summed E-state index contributed by atoms with van der Waals surface area (Å²) in [7, 11) is 0. The van der Waals surface area contributed by atoms with Gasteiger partial charge in [0, 0.05) is 11.8 Å². The predicted molar refractivity (Wildman–Crippen MR) is 58.7 cm³/mol. The van der Waals surface area contributed by atoms with Crippen LogP contribution < -0.4 is 0 Å². The van der Waals surface area contributed by atoms with Gasteiger partial charge in [0.2, 0.25) is 5.69 Å². The van der Waals surface area contributed by atoms with Gasteiger partial charge in [0.15, 0.2) is 5.82 Å². The highest BCUT2D eigenvalue weighted by Crippen LogP contribution is 2.24. The number of halogens is 2. The Morgan fingerprint density at radius 1 is 1.25 bits per heavy atom. The van der Waals surface area contributed by atoms with Crippen LogP contribution in [0.2, 0.25) is 5.15 Å². The van der Waals surface area contributed by atoms with Crippen LogP contribution in [-0.2, 0) is 0 Å². The van der Waals surface area contributed by atoms with Gasteiger partial charge < -0.3 is 0 Å². The van der Waals surface area contributed by atoms with Crippen LogP contribution in [0.1, 0.15) is 0 Å². The average molecular weight is 234 g/mol. The molecular formula is C11H5ClFN3. The Labute approximate surface area is 96.4 Å². The molecule has 0 amide bonds. The van der Waals surface area contributed by atoms with E-state index in [1.165, 1.54) is 18.3 Å². The molecule has 0 saturated heterocycles. The number of benzene rings is 1. The molecule has 5 heteroatoms. The minimum absolute atomic E-state index is 0.101. The zero-order valence-corrected chi connectivity index (χ0v) is 8.74. The molecule has 0 saturated carbocycles. The van der Waals surface area contributed by atoms with Gasteiger partial charge in [0.05, 0.1) is 6.57 Å². The maximum atomic E-state index is 12.7. The second-order valence-electron chi connectivity index (χ2n) is 2.99. The lowest BCUT2D eigenvalue weighted by Crippen LogP contribution is -1.89. The van der Waals surface area contributed by atoms with Gasteiger partial charge in [-0.3, -0.25) is 0 Å². The van der Waals surface area contributed by atoms with E-state index in [-0.39, 0.29) is 16.7 Å². The summed E-state index contributed by atoms with van der Waals surface area (Å²) in [4.78, 5) is 11.1. The van der Waals surface area contributed by atoms with E-state index >= 15 is 0 Å². The molecule has 1 aromatic carbocycles. The molecule has 78 valence electrons. The van der Waals surface area contributed by atoms with Gasteiger partial charge in [-0.2, -0.15) is 0 Å². The highest BCUT2D eigenvalue weighted by atomic mass is 35.5. The molecule has 0 bridgehead atoms. The van der Waals surface area contributed by atoms with Crippen molar-refractivity contribution in [2.24, 2.45) is 0 Å². The van der Waals surface area contributed by atoms with Crippen LogP contribution in [0.25, 0.3) is 16.2 Å². The number of hydrogen-bond acceptors (Lipinski definition) is 2. The summed E-state index contributed by atoms with van der Waals surface area (Å²) in [5, 5.41) is 0.101. The summed E-state index contributed by atoms with van der Waals surface area (Å²) in [6.07, 6.45) is 1.35. The summed E-state index contributed by atoms with van der Waals surface area (Å²) < 4.78 is 12.7. The first-order valence-corrected chi connectivity index (χ1v) is 4.74. The lowest BCUT2D eigenvalue weighted by atomic mass is 10.2.